The van der Waals surface area contributed by atoms with Gasteiger partial charge in [0.15, 0.2) is 5.96 Å². The molecule has 0 aliphatic carbocycles. The van der Waals surface area contributed by atoms with Crippen molar-refractivity contribution < 1.29 is 4.42 Å². The average Bonchev–Trinajstić information content (AvgIpc) is 3.15. The van der Waals surface area contributed by atoms with Crippen LogP contribution >= 0.6 is 0 Å². The van der Waals surface area contributed by atoms with Crippen molar-refractivity contribution in [1.29, 1.82) is 0 Å². The molecule has 0 saturated carbocycles. The van der Waals surface area contributed by atoms with Gasteiger partial charge in [-0.1, -0.05) is 43.7 Å². The Morgan fingerprint density at radius 1 is 1.16 bits per heavy atom. The topological polar surface area (TPSA) is 52.8 Å². The molecule has 0 amide bonds. The van der Waals surface area contributed by atoms with Gasteiger partial charge in [-0.25, -0.2) is 0 Å². The van der Waals surface area contributed by atoms with Crippen LogP contribution in [-0.2, 0) is 6.54 Å². The van der Waals surface area contributed by atoms with Gasteiger partial charge < -0.3 is 15.1 Å². The van der Waals surface area contributed by atoms with Crippen LogP contribution in [0.5, 0.6) is 0 Å². The molecule has 2 aromatic rings. The van der Waals surface area contributed by atoms with Crippen LogP contribution in [-0.4, -0.2) is 37.5 Å². The number of hydrogen-bond donors (Lipinski definition) is 2. The zero-order chi connectivity index (χ0) is 18.1. The van der Waals surface area contributed by atoms with Gasteiger partial charge in [0.25, 0.3) is 0 Å². The Morgan fingerprint density at radius 2 is 1.96 bits per heavy atom. The molecule has 2 rings (SSSR count). The van der Waals surface area contributed by atoms with Crippen LogP contribution in [0.1, 0.15) is 36.8 Å². The fourth-order valence-electron chi connectivity index (χ4n) is 2.98. The van der Waals surface area contributed by atoms with E-state index in [2.05, 4.69) is 65.6 Å². The van der Waals surface area contributed by atoms with Gasteiger partial charge in [-0.3, -0.25) is 9.89 Å². The van der Waals surface area contributed by atoms with E-state index in [1.807, 2.05) is 12.1 Å². The van der Waals surface area contributed by atoms with E-state index in [9.17, 15) is 0 Å². The summed E-state index contributed by atoms with van der Waals surface area (Å²) in [6, 6.07) is 12.6. The zero-order valence-electron chi connectivity index (χ0n) is 15.7. The molecular formula is C20H30N4O. The third kappa shape index (κ3) is 5.64. The summed E-state index contributed by atoms with van der Waals surface area (Å²) in [6.45, 7) is 9.88. The van der Waals surface area contributed by atoms with E-state index in [0.29, 0.717) is 0 Å². The normalized spacial score (nSPS) is 13.1. The second-order valence-electron chi connectivity index (χ2n) is 6.05. The summed E-state index contributed by atoms with van der Waals surface area (Å²) in [5, 5.41) is 6.81. The summed E-state index contributed by atoms with van der Waals surface area (Å²) in [5.74, 6) is 1.77. The van der Waals surface area contributed by atoms with Crippen molar-refractivity contribution in [1.82, 2.24) is 15.5 Å². The first-order valence-corrected chi connectivity index (χ1v) is 8.95. The Kier molecular flexibility index (Phi) is 7.54. The number of guanidine groups is 1. The quantitative estimate of drug-likeness (QED) is 0.571. The Balaban J connectivity index is 1.95. The molecule has 1 aromatic carbocycles. The molecule has 0 aliphatic rings. The predicted molar refractivity (Wildman–Crippen MR) is 104 cm³/mol. The molecule has 136 valence electrons. The molecular weight excluding hydrogens is 312 g/mol. The first kappa shape index (κ1) is 19.1. The number of rotatable bonds is 8. The average molecular weight is 342 g/mol. The van der Waals surface area contributed by atoms with Gasteiger partial charge in [-0.2, -0.15) is 0 Å². The van der Waals surface area contributed by atoms with Crippen LogP contribution < -0.4 is 10.6 Å². The maximum absolute atomic E-state index is 5.65. The molecule has 1 unspecified atom stereocenters. The fraction of sp³-hybridized carbons (Fsp3) is 0.450. The summed E-state index contributed by atoms with van der Waals surface area (Å²) in [7, 11) is 1.80. The molecule has 0 aliphatic heterocycles. The highest BCUT2D eigenvalue weighted by Gasteiger charge is 2.20. The number of aliphatic imine (C=N–C) groups is 1. The van der Waals surface area contributed by atoms with Gasteiger partial charge in [0, 0.05) is 20.1 Å². The largest absolute Gasteiger partial charge is 0.468 e. The third-order valence-corrected chi connectivity index (χ3v) is 4.35. The van der Waals surface area contributed by atoms with Crippen LogP contribution in [0.15, 0.2) is 52.1 Å². The highest BCUT2D eigenvalue weighted by molar-refractivity contribution is 5.79. The number of nitrogens with zero attached hydrogens (tertiary/aromatic N) is 2. The molecule has 0 radical (unpaired) electrons. The van der Waals surface area contributed by atoms with Gasteiger partial charge in [0.2, 0.25) is 0 Å². The number of furan rings is 1. The zero-order valence-corrected chi connectivity index (χ0v) is 15.7. The molecule has 1 heterocycles. The summed E-state index contributed by atoms with van der Waals surface area (Å²) in [6.07, 6.45) is 1.73. The highest BCUT2D eigenvalue weighted by atomic mass is 16.3. The summed E-state index contributed by atoms with van der Waals surface area (Å²) >= 11 is 0. The van der Waals surface area contributed by atoms with Gasteiger partial charge in [-0.05, 0) is 37.7 Å². The van der Waals surface area contributed by atoms with E-state index in [1.54, 1.807) is 13.3 Å². The number of likely N-dealkylation sites (N-methyl/N-ethyl adjacent to an activating group) is 1. The van der Waals surface area contributed by atoms with Crippen LogP contribution in [0.25, 0.3) is 0 Å². The lowest BCUT2D eigenvalue weighted by atomic mass is 10.1. The Labute approximate surface area is 151 Å². The molecule has 0 fully saturated rings. The maximum Gasteiger partial charge on any atom is 0.191 e. The molecule has 0 spiro atoms. The van der Waals surface area contributed by atoms with Gasteiger partial charge >= 0.3 is 0 Å². The number of aryl methyl sites for hydroxylation is 1. The van der Waals surface area contributed by atoms with E-state index >= 15 is 0 Å². The molecule has 1 aromatic heterocycles. The molecule has 0 bridgehead atoms. The van der Waals surface area contributed by atoms with Crippen molar-refractivity contribution in [3.8, 4) is 0 Å². The Bertz CT molecular complexity index is 647. The van der Waals surface area contributed by atoms with Gasteiger partial charge in [0.1, 0.15) is 5.76 Å². The second kappa shape index (κ2) is 9.89. The van der Waals surface area contributed by atoms with E-state index < -0.39 is 0 Å². The molecule has 25 heavy (non-hydrogen) atoms. The third-order valence-electron chi connectivity index (χ3n) is 4.35. The van der Waals surface area contributed by atoms with Crippen LogP contribution in [0.4, 0.5) is 0 Å². The number of hydrogen-bond acceptors (Lipinski definition) is 3. The minimum Gasteiger partial charge on any atom is -0.468 e. The maximum atomic E-state index is 5.65. The lowest BCUT2D eigenvalue weighted by Gasteiger charge is -2.28. The van der Waals surface area contributed by atoms with Crippen molar-refractivity contribution >= 4 is 5.96 Å². The number of nitrogens with one attached hydrogen (secondary N) is 2. The SMILES string of the molecule is CCN(CC)C(CNC(=NC)NCc1cccc(C)c1)c1ccco1. The minimum atomic E-state index is 0.183. The van der Waals surface area contributed by atoms with Crippen molar-refractivity contribution in [2.24, 2.45) is 4.99 Å². The Hall–Kier alpha value is -2.27. The summed E-state index contributed by atoms with van der Waals surface area (Å²) in [4.78, 5) is 6.71. The van der Waals surface area contributed by atoms with Crippen LogP contribution in [0.2, 0.25) is 0 Å². The van der Waals surface area contributed by atoms with E-state index in [0.717, 1.165) is 37.9 Å². The monoisotopic (exact) mass is 342 g/mol. The first-order chi connectivity index (χ1) is 12.2. The molecule has 1 atom stereocenters. The smallest absolute Gasteiger partial charge is 0.191 e. The Morgan fingerprint density at radius 3 is 2.56 bits per heavy atom. The van der Waals surface area contributed by atoms with E-state index in [1.165, 1.54) is 11.1 Å². The lowest BCUT2D eigenvalue weighted by molar-refractivity contribution is 0.193. The second-order valence-corrected chi connectivity index (χ2v) is 6.05. The van der Waals surface area contributed by atoms with Crippen molar-refractivity contribution in [2.75, 3.05) is 26.7 Å². The van der Waals surface area contributed by atoms with Crippen molar-refractivity contribution in [3.63, 3.8) is 0 Å². The van der Waals surface area contributed by atoms with Gasteiger partial charge in [0.05, 0.1) is 12.3 Å². The van der Waals surface area contributed by atoms with Crippen molar-refractivity contribution in [3.05, 3.63) is 59.5 Å². The number of benzene rings is 1. The standard InChI is InChI=1S/C20H30N4O/c1-5-24(6-2)18(19-11-8-12-25-19)15-23-20(21-4)22-14-17-10-7-9-16(3)13-17/h7-13,18H,5-6,14-15H2,1-4H3,(H2,21,22,23). The van der Waals surface area contributed by atoms with E-state index in [-0.39, 0.29) is 6.04 Å². The van der Waals surface area contributed by atoms with Gasteiger partial charge in [-0.15, -0.1) is 0 Å². The first-order valence-electron chi connectivity index (χ1n) is 8.95. The van der Waals surface area contributed by atoms with Crippen molar-refractivity contribution in [2.45, 2.75) is 33.4 Å². The molecule has 0 saturated heterocycles. The minimum absolute atomic E-state index is 0.183. The van der Waals surface area contributed by atoms with Crippen LogP contribution in [0, 0.1) is 6.92 Å². The van der Waals surface area contributed by atoms with E-state index in [4.69, 9.17) is 4.42 Å². The summed E-state index contributed by atoms with van der Waals surface area (Å²) in [5.41, 5.74) is 2.51. The highest BCUT2D eigenvalue weighted by Crippen LogP contribution is 2.20. The van der Waals surface area contributed by atoms with Crippen LogP contribution in [0.3, 0.4) is 0 Å². The molecule has 2 N–H and O–H groups in total. The molecule has 5 heteroatoms. The fourth-order valence-corrected chi connectivity index (χ4v) is 2.98. The molecule has 5 nitrogen and oxygen atoms in total. The summed E-state index contributed by atoms with van der Waals surface area (Å²) < 4.78 is 5.65. The lowest BCUT2D eigenvalue weighted by Crippen LogP contribution is -2.42. The predicted octanol–water partition coefficient (Wildman–Crippen LogP) is 3.34.